The van der Waals surface area contributed by atoms with Crippen LogP contribution < -0.4 is 0 Å². The predicted molar refractivity (Wildman–Crippen MR) is 35.3 cm³/mol. The van der Waals surface area contributed by atoms with E-state index in [1.165, 1.54) is 0 Å². The van der Waals surface area contributed by atoms with Gasteiger partial charge in [-0.3, -0.25) is 0 Å². The second-order valence-corrected chi connectivity index (χ2v) is 2.63. The maximum Gasteiger partial charge on any atom is 0.170 e. The third-order valence-corrected chi connectivity index (χ3v) is 2.03. The van der Waals surface area contributed by atoms with Gasteiger partial charge >= 0.3 is 0 Å². The molecule has 0 bridgehead atoms. The van der Waals surface area contributed by atoms with Crippen LogP contribution in [0.3, 0.4) is 0 Å². The summed E-state index contributed by atoms with van der Waals surface area (Å²) in [5.74, 6) is 1.02. The number of ether oxygens (including phenoxy) is 1. The lowest BCUT2D eigenvalue weighted by Gasteiger charge is -2.00. The summed E-state index contributed by atoms with van der Waals surface area (Å²) >= 11 is 1.72. The van der Waals surface area contributed by atoms with E-state index in [0.717, 1.165) is 11.0 Å². The van der Waals surface area contributed by atoms with Gasteiger partial charge in [-0.15, -0.1) is 0 Å². The lowest BCUT2D eigenvalue weighted by atomic mass is 10.8. The third-order valence-electron chi connectivity index (χ3n) is 0.937. The lowest BCUT2D eigenvalue weighted by molar-refractivity contribution is 0.320. The van der Waals surface area contributed by atoms with Crippen molar-refractivity contribution < 1.29 is 4.74 Å². The Balaban J connectivity index is 2.44. The molecule has 2 nitrogen and oxygen atoms in total. The van der Waals surface area contributed by atoms with Gasteiger partial charge in [-0.05, 0) is 0 Å². The van der Waals surface area contributed by atoms with Crippen molar-refractivity contribution in [3.8, 4) is 0 Å². The monoisotopic (exact) mass is 131 g/mol. The van der Waals surface area contributed by atoms with Gasteiger partial charge in [-0.25, -0.2) is 0 Å². The van der Waals surface area contributed by atoms with Crippen LogP contribution in [-0.2, 0) is 4.74 Å². The molecule has 8 heavy (non-hydrogen) atoms. The first-order valence-corrected chi connectivity index (χ1v) is 3.40. The highest BCUT2D eigenvalue weighted by atomic mass is 32.2. The number of thioether (sulfide) groups is 1. The highest BCUT2D eigenvalue weighted by molar-refractivity contribution is 8.03. The van der Waals surface area contributed by atoms with Gasteiger partial charge in [-0.2, -0.15) is 0 Å². The van der Waals surface area contributed by atoms with Crippen molar-refractivity contribution in [2.45, 2.75) is 0 Å². The second kappa shape index (κ2) is 2.31. The first kappa shape index (κ1) is 5.82. The van der Waals surface area contributed by atoms with Crippen LogP contribution in [0.4, 0.5) is 0 Å². The van der Waals surface area contributed by atoms with E-state index in [-0.39, 0.29) is 0 Å². The largest absolute Gasteiger partial charge is 0.489 e. The van der Waals surface area contributed by atoms with E-state index < -0.39 is 0 Å². The van der Waals surface area contributed by atoms with Crippen molar-refractivity contribution in [2.75, 3.05) is 20.0 Å². The summed E-state index contributed by atoms with van der Waals surface area (Å²) in [4.78, 5) is 2.09. The summed E-state index contributed by atoms with van der Waals surface area (Å²) in [6.07, 6.45) is 1.99. The van der Waals surface area contributed by atoms with Crippen molar-refractivity contribution in [2.24, 2.45) is 0 Å². The average molecular weight is 131 g/mol. The van der Waals surface area contributed by atoms with E-state index >= 15 is 0 Å². The zero-order chi connectivity index (χ0) is 5.98. The van der Waals surface area contributed by atoms with Gasteiger partial charge in [0.15, 0.2) is 5.09 Å². The van der Waals surface area contributed by atoms with Gasteiger partial charge in [0.1, 0.15) is 0 Å². The maximum atomic E-state index is 4.96. The first-order valence-electron chi connectivity index (χ1n) is 2.42. The molecule has 0 spiro atoms. The molecule has 0 unspecified atom stereocenters. The Morgan fingerprint density at radius 3 is 2.88 bits per heavy atom. The Kier molecular flexibility index (Phi) is 1.68. The van der Waals surface area contributed by atoms with E-state index in [9.17, 15) is 0 Å². The quantitative estimate of drug-likeness (QED) is 0.528. The predicted octanol–water partition coefficient (Wildman–Crippen LogP) is 1.07. The molecule has 46 valence electrons. The summed E-state index contributed by atoms with van der Waals surface area (Å²) in [7, 11) is 3.72. The second-order valence-electron chi connectivity index (χ2n) is 1.68. The molecule has 0 N–H and O–H groups in total. The van der Waals surface area contributed by atoms with E-state index in [1.807, 2.05) is 13.2 Å². The standard InChI is InChI=1S/C5H9NOS/c1-6-3-5(7-2)8-4-6/h3H,4H2,1-2H3. The Morgan fingerprint density at radius 1 is 1.88 bits per heavy atom. The molecule has 0 atom stereocenters. The van der Waals surface area contributed by atoms with Gasteiger partial charge in [0.25, 0.3) is 0 Å². The van der Waals surface area contributed by atoms with Gasteiger partial charge in [0, 0.05) is 13.2 Å². The highest BCUT2D eigenvalue weighted by Crippen LogP contribution is 2.23. The number of methoxy groups -OCH3 is 1. The van der Waals surface area contributed by atoms with Crippen LogP contribution >= 0.6 is 11.8 Å². The maximum absolute atomic E-state index is 4.96. The molecule has 0 aliphatic carbocycles. The Labute approximate surface area is 53.5 Å². The topological polar surface area (TPSA) is 12.5 Å². The first-order chi connectivity index (χ1) is 3.83. The normalized spacial score (nSPS) is 18.8. The summed E-state index contributed by atoms with van der Waals surface area (Å²) in [5.41, 5.74) is 0. The molecule has 1 heterocycles. The van der Waals surface area contributed by atoms with Crippen LogP contribution in [0.25, 0.3) is 0 Å². The summed E-state index contributed by atoms with van der Waals surface area (Å²) < 4.78 is 4.96. The zero-order valence-electron chi connectivity index (χ0n) is 5.05. The molecule has 0 aromatic rings. The number of nitrogens with zero attached hydrogens (tertiary/aromatic N) is 1. The third kappa shape index (κ3) is 1.10. The van der Waals surface area contributed by atoms with Crippen molar-refractivity contribution in [1.82, 2.24) is 4.90 Å². The van der Waals surface area contributed by atoms with E-state index in [1.54, 1.807) is 18.9 Å². The molecule has 0 aromatic heterocycles. The average Bonchev–Trinajstić information content (AvgIpc) is 2.14. The molecule has 0 saturated carbocycles. The molecule has 0 radical (unpaired) electrons. The van der Waals surface area contributed by atoms with Crippen molar-refractivity contribution >= 4 is 11.8 Å². The molecule has 1 rings (SSSR count). The zero-order valence-corrected chi connectivity index (χ0v) is 5.86. The van der Waals surface area contributed by atoms with Crippen LogP contribution in [0.1, 0.15) is 0 Å². The number of hydrogen-bond donors (Lipinski definition) is 0. The lowest BCUT2D eigenvalue weighted by Crippen LogP contribution is -2.02. The van der Waals surface area contributed by atoms with Crippen LogP contribution in [0.2, 0.25) is 0 Å². The molecule has 0 amide bonds. The fourth-order valence-corrected chi connectivity index (χ4v) is 1.31. The Hall–Kier alpha value is -0.310. The smallest absolute Gasteiger partial charge is 0.170 e. The van der Waals surface area contributed by atoms with Gasteiger partial charge in [0.2, 0.25) is 0 Å². The SMILES string of the molecule is COC1=CN(C)CS1. The van der Waals surface area contributed by atoms with Crippen LogP contribution in [0.5, 0.6) is 0 Å². The molecule has 3 heteroatoms. The summed E-state index contributed by atoms with van der Waals surface area (Å²) in [6.45, 7) is 0. The minimum atomic E-state index is 1.01. The van der Waals surface area contributed by atoms with Gasteiger partial charge < -0.3 is 9.64 Å². The van der Waals surface area contributed by atoms with Crippen molar-refractivity contribution in [1.29, 1.82) is 0 Å². The van der Waals surface area contributed by atoms with Crippen LogP contribution in [-0.4, -0.2) is 24.9 Å². The summed E-state index contributed by atoms with van der Waals surface area (Å²) in [5, 5.41) is 1.01. The highest BCUT2D eigenvalue weighted by Gasteiger charge is 2.07. The van der Waals surface area contributed by atoms with Gasteiger partial charge in [-0.1, -0.05) is 11.8 Å². The molecular weight excluding hydrogens is 122 g/mol. The van der Waals surface area contributed by atoms with E-state index in [4.69, 9.17) is 4.74 Å². The van der Waals surface area contributed by atoms with Gasteiger partial charge in [0.05, 0.1) is 13.0 Å². The minimum absolute atomic E-state index is 1.01. The van der Waals surface area contributed by atoms with Crippen LogP contribution in [0, 0.1) is 0 Å². The van der Waals surface area contributed by atoms with Crippen molar-refractivity contribution in [3.63, 3.8) is 0 Å². The Morgan fingerprint density at radius 2 is 2.62 bits per heavy atom. The molecule has 0 aromatic carbocycles. The molecule has 1 aliphatic heterocycles. The Bertz CT molecular complexity index is 113. The van der Waals surface area contributed by atoms with Crippen LogP contribution in [0.15, 0.2) is 11.3 Å². The van der Waals surface area contributed by atoms with E-state index in [0.29, 0.717) is 0 Å². The molecular formula is C5H9NOS. The fourth-order valence-electron chi connectivity index (χ4n) is 0.532. The van der Waals surface area contributed by atoms with E-state index in [2.05, 4.69) is 4.90 Å². The molecule has 0 saturated heterocycles. The fraction of sp³-hybridized carbons (Fsp3) is 0.600. The number of rotatable bonds is 1. The number of hydrogen-bond acceptors (Lipinski definition) is 3. The van der Waals surface area contributed by atoms with Crippen molar-refractivity contribution in [3.05, 3.63) is 11.3 Å². The summed E-state index contributed by atoms with van der Waals surface area (Å²) in [6, 6.07) is 0. The molecule has 1 aliphatic rings. The minimum Gasteiger partial charge on any atom is -0.489 e. The molecule has 0 fully saturated rings.